The van der Waals surface area contributed by atoms with Crippen LogP contribution in [0.4, 0.5) is 34.1 Å². The summed E-state index contributed by atoms with van der Waals surface area (Å²) in [5, 5.41) is 64.6. The van der Waals surface area contributed by atoms with E-state index in [9.17, 15) is 45.6 Å². The summed E-state index contributed by atoms with van der Waals surface area (Å²) in [5.41, 5.74) is 4.20. The maximum absolute atomic E-state index is 11.5. The van der Waals surface area contributed by atoms with Crippen LogP contribution in [0.3, 0.4) is 0 Å². The number of nitrogens with one attached hydrogen (secondary N) is 3. The molecule has 0 spiro atoms. The Morgan fingerprint density at radius 1 is 0.702 bits per heavy atom. The van der Waals surface area contributed by atoms with Crippen LogP contribution in [-0.2, 0) is 0 Å². The van der Waals surface area contributed by atoms with Gasteiger partial charge >= 0.3 is 11.4 Å². The molecule has 0 unspecified atom stereocenters. The number of anilines is 2. The van der Waals surface area contributed by atoms with Crippen LogP contribution in [0.25, 0.3) is 22.2 Å². The highest BCUT2D eigenvalue weighted by Crippen LogP contribution is 2.42. The molecule has 0 saturated carbocycles. The molecule has 0 radical (unpaired) electrons. The molecule has 5 aromatic rings. The SMILES string of the molecule is O=[N+]([O-])c1ccc(N/N=C\c2cc(/C=N/Nc3ccc([N+](=O)[O-])cc3[N+](=O)[O-])c(Cl)c3c(O)c(-c4ccccc4)[nH]c23)c([N+](=O)[O-])c1. The van der Waals surface area contributed by atoms with Gasteiger partial charge in [-0.2, -0.15) is 10.2 Å². The number of nitro groups is 4. The number of nitrogens with zero attached hydrogens (tertiary/aromatic N) is 6. The molecule has 1 aromatic heterocycles. The lowest BCUT2D eigenvalue weighted by atomic mass is 10.1. The van der Waals surface area contributed by atoms with Crippen molar-refractivity contribution in [2.75, 3.05) is 10.9 Å². The number of benzene rings is 4. The molecule has 19 heteroatoms. The summed E-state index contributed by atoms with van der Waals surface area (Å²) >= 11 is 6.69. The van der Waals surface area contributed by atoms with Crippen molar-refractivity contribution in [3.05, 3.63) is 129 Å². The summed E-state index contributed by atoms with van der Waals surface area (Å²) in [6.07, 6.45) is 2.44. The van der Waals surface area contributed by atoms with Crippen molar-refractivity contribution in [2.24, 2.45) is 10.2 Å². The molecule has 18 nitrogen and oxygen atoms in total. The van der Waals surface area contributed by atoms with E-state index in [1.165, 1.54) is 18.5 Å². The van der Waals surface area contributed by atoms with Crippen LogP contribution in [0.5, 0.6) is 5.75 Å². The zero-order chi connectivity index (χ0) is 33.8. The van der Waals surface area contributed by atoms with Crippen LogP contribution in [-0.4, -0.2) is 42.2 Å². The van der Waals surface area contributed by atoms with Gasteiger partial charge in [0.2, 0.25) is 0 Å². The Bertz CT molecular complexity index is 2150. The average Bonchev–Trinajstić information content (AvgIpc) is 3.40. The lowest BCUT2D eigenvalue weighted by Crippen LogP contribution is -2.00. The summed E-state index contributed by atoms with van der Waals surface area (Å²) in [6.45, 7) is 0. The minimum Gasteiger partial charge on any atom is -0.505 e. The van der Waals surface area contributed by atoms with E-state index in [0.29, 0.717) is 22.3 Å². The van der Waals surface area contributed by atoms with Crippen molar-refractivity contribution in [3.8, 4) is 17.0 Å². The lowest BCUT2D eigenvalue weighted by Gasteiger charge is -2.06. The summed E-state index contributed by atoms with van der Waals surface area (Å²) in [7, 11) is 0. The average molecular weight is 660 g/mol. The highest BCUT2D eigenvalue weighted by atomic mass is 35.5. The molecule has 1 heterocycles. The summed E-state index contributed by atoms with van der Waals surface area (Å²) < 4.78 is 0. The van der Waals surface area contributed by atoms with E-state index in [1.54, 1.807) is 30.3 Å². The number of aromatic nitrogens is 1. The Morgan fingerprint density at radius 3 is 1.70 bits per heavy atom. The number of nitro benzene ring substituents is 4. The maximum atomic E-state index is 11.5. The van der Waals surface area contributed by atoms with Crippen LogP contribution in [0.2, 0.25) is 5.02 Å². The number of hydrazone groups is 2. The van der Waals surface area contributed by atoms with Gasteiger partial charge in [-0.1, -0.05) is 41.9 Å². The molecule has 236 valence electrons. The molecule has 0 bridgehead atoms. The molecule has 47 heavy (non-hydrogen) atoms. The predicted molar refractivity (Wildman–Crippen MR) is 172 cm³/mol. The van der Waals surface area contributed by atoms with Gasteiger partial charge in [0.25, 0.3) is 11.4 Å². The fraction of sp³-hybridized carbons (Fsp3) is 0. The molecule has 0 aliphatic heterocycles. The normalized spacial score (nSPS) is 11.3. The van der Waals surface area contributed by atoms with Gasteiger partial charge < -0.3 is 10.1 Å². The predicted octanol–water partition coefficient (Wildman–Crippen LogP) is 6.72. The van der Waals surface area contributed by atoms with Crippen LogP contribution in [0, 0.1) is 40.5 Å². The van der Waals surface area contributed by atoms with E-state index in [1.807, 2.05) is 0 Å². The van der Waals surface area contributed by atoms with Gasteiger partial charge in [0.1, 0.15) is 17.1 Å². The number of H-pyrrole nitrogens is 1. The zero-order valence-corrected chi connectivity index (χ0v) is 24.1. The maximum Gasteiger partial charge on any atom is 0.301 e. The third kappa shape index (κ3) is 6.47. The number of hydrogen-bond acceptors (Lipinski definition) is 13. The molecular weight excluding hydrogens is 642 g/mol. The van der Waals surface area contributed by atoms with Crippen LogP contribution in [0.15, 0.2) is 83.0 Å². The van der Waals surface area contributed by atoms with E-state index in [-0.39, 0.29) is 33.1 Å². The summed E-state index contributed by atoms with van der Waals surface area (Å²) in [5.74, 6) is -0.223. The van der Waals surface area contributed by atoms with Gasteiger partial charge in [0.15, 0.2) is 0 Å². The fourth-order valence-corrected chi connectivity index (χ4v) is 4.77. The molecule has 0 amide bonds. The van der Waals surface area contributed by atoms with Gasteiger partial charge in [-0.05, 0) is 18.2 Å². The van der Waals surface area contributed by atoms with E-state index in [0.717, 1.165) is 36.4 Å². The number of fused-ring (bicyclic) bond motifs is 1. The third-order valence-electron chi connectivity index (χ3n) is 6.66. The van der Waals surface area contributed by atoms with E-state index in [2.05, 4.69) is 26.0 Å². The molecule has 0 aliphatic rings. The van der Waals surface area contributed by atoms with Gasteiger partial charge in [0.05, 0.1) is 65.9 Å². The Kier molecular flexibility index (Phi) is 8.68. The van der Waals surface area contributed by atoms with Gasteiger partial charge in [-0.3, -0.25) is 51.3 Å². The molecule has 0 saturated heterocycles. The minimum atomic E-state index is -0.816. The van der Waals surface area contributed by atoms with E-state index >= 15 is 0 Å². The Labute approximate surface area is 266 Å². The smallest absolute Gasteiger partial charge is 0.301 e. The number of aromatic hydroxyl groups is 1. The first-order valence-corrected chi connectivity index (χ1v) is 13.4. The Morgan fingerprint density at radius 2 is 1.21 bits per heavy atom. The number of halogens is 1. The lowest BCUT2D eigenvalue weighted by molar-refractivity contribution is -0.393. The summed E-state index contributed by atoms with van der Waals surface area (Å²) in [6, 6.07) is 16.2. The van der Waals surface area contributed by atoms with Crippen molar-refractivity contribution in [3.63, 3.8) is 0 Å². The number of rotatable bonds is 11. The quantitative estimate of drug-likeness (QED) is 0.0657. The first kappa shape index (κ1) is 31.5. The molecule has 0 fully saturated rings. The largest absolute Gasteiger partial charge is 0.505 e. The van der Waals surface area contributed by atoms with Gasteiger partial charge in [0, 0.05) is 28.8 Å². The van der Waals surface area contributed by atoms with Gasteiger partial charge in [-0.15, -0.1) is 0 Å². The third-order valence-corrected chi connectivity index (χ3v) is 7.07. The second kappa shape index (κ2) is 13.0. The van der Waals surface area contributed by atoms with Crippen molar-refractivity contribution in [2.45, 2.75) is 0 Å². The van der Waals surface area contributed by atoms with Crippen molar-refractivity contribution < 1.29 is 24.8 Å². The second-order valence-corrected chi connectivity index (χ2v) is 9.88. The number of hydrogen-bond donors (Lipinski definition) is 4. The molecule has 0 atom stereocenters. The second-order valence-electron chi connectivity index (χ2n) is 9.50. The standard InChI is InChI=1S/C28H18ClN9O9/c29-25-16(13-30-33-20-8-6-18(35(40)41)11-22(20)37(44)45)10-17(26-24(25)28(39)27(32-26)15-4-2-1-3-5-15)14-31-34-21-9-7-19(36(42)43)12-23(21)38(46)47/h1-14,32-34,39H/b30-13+,31-14-. The van der Waals surface area contributed by atoms with Crippen LogP contribution in [0.1, 0.15) is 11.1 Å². The summed E-state index contributed by atoms with van der Waals surface area (Å²) in [4.78, 5) is 45.1. The first-order valence-electron chi connectivity index (χ1n) is 13.0. The molecule has 4 aromatic carbocycles. The number of aromatic amines is 1. The highest BCUT2D eigenvalue weighted by Gasteiger charge is 2.22. The molecular formula is C28H18ClN9O9. The first-order chi connectivity index (χ1) is 22.5. The van der Waals surface area contributed by atoms with Gasteiger partial charge in [-0.25, -0.2) is 0 Å². The topological polar surface area (TPSA) is 257 Å². The minimum absolute atomic E-state index is 0.0239. The van der Waals surface area contributed by atoms with Crippen molar-refractivity contribution in [1.29, 1.82) is 0 Å². The van der Waals surface area contributed by atoms with Crippen molar-refractivity contribution in [1.82, 2.24) is 4.98 Å². The van der Waals surface area contributed by atoms with Crippen LogP contribution < -0.4 is 10.9 Å². The Hall–Kier alpha value is -6.95. The van der Waals surface area contributed by atoms with Crippen LogP contribution >= 0.6 is 11.6 Å². The fourth-order valence-electron chi connectivity index (χ4n) is 4.48. The molecule has 0 aliphatic carbocycles. The molecule has 5 rings (SSSR count). The Balaban J connectivity index is 1.56. The van der Waals surface area contributed by atoms with Crippen molar-refractivity contribution >= 4 is 69.1 Å². The monoisotopic (exact) mass is 659 g/mol. The van der Waals surface area contributed by atoms with E-state index in [4.69, 9.17) is 11.6 Å². The molecule has 4 N–H and O–H groups in total. The highest BCUT2D eigenvalue weighted by molar-refractivity contribution is 6.39. The van der Waals surface area contributed by atoms with E-state index < -0.39 is 42.4 Å². The zero-order valence-electron chi connectivity index (χ0n) is 23.4. The number of non-ortho nitro benzene ring substituents is 2.